The van der Waals surface area contributed by atoms with Crippen molar-refractivity contribution in [1.29, 1.82) is 0 Å². The number of hydrogen-bond donors (Lipinski definition) is 1. The van der Waals surface area contributed by atoms with Gasteiger partial charge in [-0.2, -0.15) is 0 Å². The minimum Gasteiger partial charge on any atom is -0.396 e. The van der Waals surface area contributed by atoms with E-state index in [2.05, 4.69) is 9.80 Å². The second-order valence-electron chi connectivity index (χ2n) is 4.94. The van der Waals surface area contributed by atoms with Gasteiger partial charge in [0.25, 0.3) is 0 Å². The molecule has 3 heteroatoms. The summed E-state index contributed by atoms with van der Waals surface area (Å²) < 4.78 is 0. The average molecular weight is 212 g/mol. The lowest BCUT2D eigenvalue weighted by atomic mass is 10.1. The van der Waals surface area contributed by atoms with Crippen molar-refractivity contribution in [3.8, 4) is 0 Å². The zero-order valence-corrected chi connectivity index (χ0v) is 9.70. The average Bonchev–Trinajstić information content (AvgIpc) is 2.44. The Bertz CT molecular complexity index is 172. The molecule has 15 heavy (non-hydrogen) atoms. The van der Waals surface area contributed by atoms with Crippen molar-refractivity contribution in [3.63, 3.8) is 0 Å². The Kier molecular flexibility index (Phi) is 4.42. The van der Waals surface area contributed by atoms with Gasteiger partial charge in [0.15, 0.2) is 0 Å². The van der Waals surface area contributed by atoms with E-state index in [0.717, 1.165) is 19.0 Å². The topological polar surface area (TPSA) is 26.7 Å². The predicted molar refractivity (Wildman–Crippen MR) is 62.0 cm³/mol. The Morgan fingerprint density at radius 1 is 1.00 bits per heavy atom. The number of rotatable bonds is 4. The summed E-state index contributed by atoms with van der Waals surface area (Å²) in [7, 11) is 0. The quantitative estimate of drug-likeness (QED) is 0.751. The van der Waals surface area contributed by atoms with E-state index in [9.17, 15) is 0 Å². The Labute approximate surface area is 93.1 Å². The highest BCUT2D eigenvalue weighted by atomic mass is 16.3. The highest BCUT2D eigenvalue weighted by molar-refractivity contribution is 4.88. The van der Waals surface area contributed by atoms with Crippen LogP contribution >= 0.6 is 0 Å². The molecule has 0 atom stereocenters. The van der Waals surface area contributed by atoms with Crippen molar-refractivity contribution in [2.24, 2.45) is 0 Å². The first kappa shape index (κ1) is 11.4. The molecule has 0 aliphatic carbocycles. The second kappa shape index (κ2) is 5.83. The maximum atomic E-state index is 8.75. The van der Waals surface area contributed by atoms with Crippen LogP contribution in [-0.4, -0.2) is 60.3 Å². The minimum atomic E-state index is 0.338. The number of aliphatic hydroxyl groups excluding tert-OH is 1. The standard InChI is InChI=1S/C12H24N2O/c15-9-5-6-13-10-12(11-13)14-7-3-1-2-4-8-14/h12,15H,1-11H2. The fraction of sp³-hybridized carbons (Fsp3) is 1.00. The van der Waals surface area contributed by atoms with Crippen LogP contribution in [0, 0.1) is 0 Å². The van der Waals surface area contributed by atoms with E-state index in [0.29, 0.717) is 6.61 Å². The van der Waals surface area contributed by atoms with Crippen molar-refractivity contribution in [2.45, 2.75) is 38.1 Å². The van der Waals surface area contributed by atoms with Gasteiger partial charge in [0, 0.05) is 32.3 Å². The third kappa shape index (κ3) is 3.16. The molecule has 2 rings (SSSR count). The zero-order valence-electron chi connectivity index (χ0n) is 9.70. The molecule has 0 saturated carbocycles. The third-order valence-corrected chi connectivity index (χ3v) is 3.73. The van der Waals surface area contributed by atoms with Crippen LogP contribution in [0.2, 0.25) is 0 Å². The summed E-state index contributed by atoms with van der Waals surface area (Å²) in [5.74, 6) is 0. The van der Waals surface area contributed by atoms with Crippen LogP contribution in [0.25, 0.3) is 0 Å². The van der Waals surface area contributed by atoms with Crippen molar-refractivity contribution in [2.75, 3.05) is 39.3 Å². The lowest BCUT2D eigenvalue weighted by Crippen LogP contribution is -2.59. The maximum absolute atomic E-state index is 8.75. The Morgan fingerprint density at radius 2 is 1.67 bits per heavy atom. The molecular formula is C12H24N2O. The number of nitrogens with zero attached hydrogens (tertiary/aromatic N) is 2. The summed E-state index contributed by atoms with van der Waals surface area (Å²) in [5, 5.41) is 8.75. The molecule has 2 saturated heterocycles. The molecule has 2 aliphatic heterocycles. The third-order valence-electron chi connectivity index (χ3n) is 3.73. The van der Waals surface area contributed by atoms with Gasteiger partial charge in [0.1, 0.15) is 0 Å². The Balaban J connectivity index is 1.64. The van der Waals surface area contributed by atoms with Crippen molar-refractivity contribution in [1.82, 2.24) is 9.80 Å². The summed E-state index contributed by atoms with van der Waals surface area (Å²) in [6.45, 7) is 6.53. The highest BCUT2D eigenvalue weighted by Gasteiger charge is 2.30. The maximum Gasteiger partial charge on any atom is 0.0443 e. The van der Waals surface area contributed by atoms with Crippen molar-refractivity contribution >= 4 is 0 Å². The molecule has 0 aromatic heterocycles. The molecule has 0 radical (unpaired) electrons. The Hall–Kier alpha value is -0.120. The van der Waals surface area contributed by atoms with Gasteiger partial charge >= 0.3 is 0 Å². The monoisotopic (exact) mass is 212 g/mol. The fourth-order valence-electron chi connectivity index (χ4n) is 2.71. The van der Waals surface area contributed by atoms with Crippen LogP contribution in [0.15, 0.2) is 0 Å². The molecule has 1 N–H and O–H groups in total. The normalized spacial score (nSPS) is 26.2. The molecule has 0 bridgehead atoms. The molecular weight excluding hydrogens is 188 g/mol. The van der Waals surface area contributed by atoms with Gasteiger partial charge in [0.2, 0.25) is 0 Å². The van der Waals surface area contributed by atoms with E-state index >= 15 is 0 Å². The highest BCUT2D eigenvalue weighted by Crippen LogP contribution is 2.19. The minimum absolute atomic E-state index is 0.338. The van der Waals surface area contributed by atoms with Gasteiger partial charge < -0.3 is 10.0 Å². The summed E-state index contributed by atoms with van der Waals surface area (Å²) in [6, 6.07) is 0.821. The van der Waals surface area contributed by atoms with Crippen molar-refractivity contribution < 1.29 is 5.11 Å². The molecule has 2 heterocycles. The molecule has 0 amide bonds. The van der Waals surface area contributed by atoms with E-state index in [1.807, 2.05) is 0 Å². The molecule has 0 aromatic carbocycles. The lowest BCUT2D eigenvalue weighted by Gasteiger charge is -2.45. The number of aliphatic hydroxyl groups is 1. The molecule has 0 aromatic rings. The van der Waals surface area contributed by atoms with Gasteiger partial charge in [-0.25, -0.2) is 0 Å². The Morgan fingerprint density at radius 3 is 2.27 bits per heavy atom. The van der Waals surface area contributed by atoms with Crippen LogP contribution in [-0.2, 0) is 0 Å². The first-order valence-electron chi connectivity index (χ1n) is 6.47. The van der Waals surface area contributed by atoms with Crippen molar-refractivity contribution in [3.05, 3.63) is 0 Å². The smallest absolute Gasteiger partial charge is 0.0443 e. The molecule has 0 unspecified atom stereocenters. The largest absolute Gasteiger partial charge is 0.396 e. The van der Waals surface area contributed by atoms with E-state index in [4.69, 9.17) is 5.11 Å². The SMILES string of the molecule is OCCCN1CC(N2CCCCCC2)C1. The predicted octanol–water partition coefficient (Wildman–Crippen LogP) is 0.929. The molecule has 2 aliphatic rings. The van der Waals surface area contributed by atoms with E-state index in [1.54, 1.807) is 0 Å². The van der Waals surface area contributed by atoms with Crippen LogP contribution in [0.4, 0.5) is 0 Å². The van der Waals surface area contributed by atoms with Crippen LogP contribution in [0.3, 0.4) is 0 Å². The van der Waals surface area contributed by atoms with Gasteiger partial charge in [-0.15, -0.1) is 0 Å². The molecule has 3 nitrogen and oxygen atoms in total. The first-order valence-corrected chi connectivity index (χ1v) is 6.47. The lowest BCUT2D eigenvalue weighted by molar-refractivity contribution is 0.0323. The fourth-order valence-corrected chi connectivity index (χ4v) is 2.71. The van der Waals surface area contributed by atoms with Crippen LogP contribution in [0.5, 0.6) is 0 Å². The van der Waals surface area contributed by atoms with E-state index in [-0.39, 0.29) is 0 Å². The zero-order chi connectivity index (χ0) is 10.5. The summed E-state index contributed by atoms with van der Waals surface area (Å²) in [6.07, 6.45) is 6.59. The molecule has 2 fully saturated rings. The second-order valence-corrected chi connectivity index (χ2v) is 4.94. The van der Waals surface area contributed by atoms with Gasteiger partial charge in [-0.3, -0.25) is 4.90 Å². The number of hydrogen-bond acceptors (Lipinski definition) is 3. The van der Waals surface area contributed by atoms with Gasteiger partial charge in [-0.05, 0) is 32.4 Å². The summed E-state index contributed by atoms with van der Waals surface area (Å²) in [4.78, 5) is 5.15. The van der Waals surface area contributed by atoms with Gasteiger partial charge in [-0.1, -0.05) is 12.8 Å². The first-order chi connectivity index (χ1) is 7.40. The van der Waals surface area contributed by atoms with Crippen LogP contribution in [0.1, 0.15) is 32.1 Å². The van der Waals surface area contributed by atoms with E-state index in [1.165, 1.54) is 51.9 Å². The molecule has 88 valence electrons. The van der Waals surface area contributed by atoms with Crippen LogP contribution < -0.4 is 0 Å². The van der Waals surface area contributed by atoms with Gasteiger partial charge in [0.05, 0.1) is 0 Å². The summed E-state index contributed by atoms with van der Waals surface area (Å²) in [5.41, 5.74) is 0. The number of likely N-dealkylation sites (tertiary alicyclic amines) is 2. The summed E-state index contributed by atoms with van der Waals surface area (Å²) >= 11 is 0. The molecule has 0 spiro atoms. The van der Waals surface area contributed by atoms with E-state index < -0.39 is 0 Å².